The van der Waals surface area contributed by atoms with Gasteiger partial charge < -0.3 is 10.2 Å². The minimum Gasteiger partial charge on any atom is -0.380 e. The van der Waals surface area contributed by atoms with E-state index in [1.54, 1.807) is 0 Å². The van der Waals surface area contributed by atoms with Crippen LogP contribution in [0.3, 0.4) is 0 Å². The van der Waals surface area contributed by atoms with Crippen molar-refractivity contribution in [3.63, 3.8) is 0 Å². The number of anilines is 2. The van der Waals surface area contributed by atoms with Crippen LogP contribution in [0.1, 0.15) is 26.7 Å². The molecule has 0 saturated heterocycles. The number of amides is 1. The van der Waals surface area contributed by atoms with Gasteiger partial charge in [-0.05, 0) is 25.5 Å². The molecule has 1 heterocycles. The van der Waals surface area contributed by atoms with E-state index < -0.39 is 0 Å². The Morgan fingerprint density at radius 3 is 2.94 bits per heavy atom. The smallest absolute Gasteiger partial charge is 0.229 e. The van der Waals surface area contributed by atoms with Gasteiger partial charge in [0.15, 0.2) is 0 Å². The predicted octanol–water partition coefficient (Wildman–Crippen LogP) is 2.63. The fraction of sp³-hybridized carbons (Fsp3) is 0.462. The van der Waals surface area contributed by atoms with Gasteiger partial charge in [-0.3, -0.25) is 4.79 Å². The maximum atomic E-state index is 12.1. The van der Waals surface area contributed by atoms with Crippen molar-refractivity contribution in [1.29, 1.82) is 0 Å². The first-order chi connectivity index (χ1) is 7.72. The zero-order valence-electron chi connectivity index (χ0n) is 9.86. The zero-order chi connectivity index (χ0) is 11.5. The maximum absolute atomic E-state index is 12.1. The number of benzene rings is 1. The number of hydrogen-bond donors (Lipinski definition) is 1. The first kappa shape index (κ1) is 11.0. The number of hydrogen-bond acceptors (Lipinski definition) is 2. The van der Waals surface area contributed by atoms with E-state index >= 15 is 0 Å². The van der Waals surface area contributed by atoms with Crippen molar-refractivity contribution in [2.24, 2.45) is 0 Å². The molecule has 0 spiro atoms. The number of rotatable bonds is 2. The van der Waals surface area contributed by atoms with E-state index in [9.17, 15) is 4.79 Å². The first-order valence-corrected chi connectivity index (χ1v) is 5.88. The Morgan fingerprint density at radius 1 is 1.44 bits per heavy atom. The number of carbonyl (C=O) groups is 1. The number of nitrogens with one attached hydrogen (secondary N) is 1. The number of fused-ring (bicyclic) bond motifs is 1. The second kappa shape index (κ2) is 4.56. The average molecular weight is 218 g/mol. The van der Waals surface area contributed by atoms with Crippen LogP contribution < -0.4 is 10.2 Å². The fourth-order valence-corrected chi connectivity index (χ4v) is 2.12. The van der Waals surface area contributed by atoms with Crippen molar-refractivity contribution >= 4 is 17.3 Å². The summed E-state index contributed by atoms with van der Waals surface area (Å²) in [5, 5.41) is 3.38. The Bertz CT molecular complexity index is 389. The third kappa shape index (κ3) is 2.03. The summed E-state index contributed by atoms with van der Waals surface area (Å²) < 4.78 is 0. The molecule has 1 N–H and O–H groups in total. The largest absolute Gasteiger partial charge is 0.380 e. The van der Waals surface area contributed by atoms with E-state index in [0.717, 1.165) is 24.3 Å². The molecule has 16 heavy (non-hydrogen) atoms. The minimum absolute atomic E-state index is 0.204. The third-order valence-corrected chi connectivity index (χ3v) is 2.83. The molecule has 1 atom stereocenters. The molecular weight excluding hydrogens is 200 g/mol. The van der Waals surface area contributed by atoms with Gasteiger partial charge >= 0.3 is 0 Å². The van der Waals surface area contributed by atoms with Gasteiger partial charge in [0.1, 0.15) is 0 Å². The Kier molecular flexibility index (Phi) is 3.13. The van der Waals surface area contributed by atoms with Gasteiger partial charge in [-0.25, -0.2) is 0 Å². The molecule has 0 unspecified atom stereocenters. The Balaban J connectivity index is 2.40. The van der Waals surface area contributed by atoms with E-state index in [1.807, 2.05) is 36.1 Å². The molecule has 0 radical (unpaired) electrons. The van der Waals surface area contributed by atoms with Gasteiger partial charge in [0.05, 0.1) is 11.4 Å². The third-order valence-electron chi connectivity index (χ3n) is 2.83. The monoisotopic (exact) mass is 218 g/mol. The van der Waals surface area contributed by atoms with Crippen molar-refractivity contribution in [3.8, 4) is 0 Å². The topological polar surface area (TPSA) is 32.3 Å². The molecule has 0 bridgehead atoms. The molecule has 1 amide bonds. The van der Waals surface area contributed by atoms with Crippen molar-refractivity contribution in [2.75, 3.05) is 16.8 Å². The second-order valence-corrected chi connectivity index (χ2v) is 4.31. The maximum Gasteiger partial charge on any atom is 0.229 e. The van der Waals surface area contributed by atoms with E-state index in [0.29, 0.717) is 6.42 Å². The van der Waals surface area contributed by atoms with Crippen LogP contribution in [0.5, 0.6) is 0 Å². The molecule has 0 aliphatic carbocycles. The van der Waals surface area contributed by atoms with Gasteiger partial charge in [0.2, 0.25) is 5.91 Å². The van der Waals surface area contributed by atoms with Crippen molar-refractivity contribution in [2.45, 2.75) is 32.7 Å². The van der Waals surface area contributed by atoms with E-state index in [-0.39, 0.29) is 11.9 Å². The summed E-state index contributed by atoms with van der Waals surface area (Å²) in [6, 6.07) is 8.22. The van der Waals surface area contributed by atoms with Gasteiger partial charge in [-0.1, -0.05) is 19.1 Å². The quantitative estimate of drug-likeness (QED) is 0.827. The number of para-hydroxylation sites is 2. The highest BCUT2D eigenvalue weighted by atomic mass is 16.2. The van der Waals surface area contributed by atoms with Crippen molar-refractivity contribution in [1.82, 2.24) is 0 Å². The molecule has 1 aliphatic heterocycles. The lowest BCUT2D eigenvalue weighted by Gasteiger charge is -2.21. The lowest BCUT2D eigenvalue weighted by Crippen LogP contribution is -2.32. The molecule has 3 nitrogen and oxygen atoms in total. The standard InChI is InChI=1S/C13H18N2O/c1-3-8-15-12-7-5-4-6-11(12)14-10(2)9-13(15)16/h4-7,10,14H,3,8-9H2,1-2H3/t10-/m0/s1. The summed E-state index contributed by atoms with van der Waals surface area (Å²) in [5.74, 6) is 0.215. The summed E-state index contributed by atoms with van der Waals surface area (Å²) in [7, 11) is 0. The highest BCUT2D eigenvalue weighted by Gasteiger charge is 2.23. The molecule has 0 fully saturated rings. The summed E-state index contributed by atoms with van der Waals surface area (Å²) >= 11 is 0. The van der Waals surface area contributed by atoms with Gasteiger partial charge in [-0.2, -0.15) is 0 Å². The SMILES string of the molecule is CCCN1C(=O)C[C@H](C)Nc2ccccc21. The van der Waals surface area contributed by atoms with Crippen molar-refractivity contribution in [3.05, 3.63) is 24.3 Å². The number of carbonyl (C=O) groups excluding carboxylic acids is 1. The number of nitrogens with zero attached hydrogens (tertiary/aromatic N) is 1. The van der Waals surface area contributed by atoms with Crippen LogP contribution in [-0.4, -0.2) is 18.5 Å². The van der Waals surface area contributed by atoms with Gasteiger partial charge in [0, 0.05) is 19.0 Å². The van der Waals surface area contributed by atoms with E-state index in [1.165, 1.54) is 0 Å². The molecule has 86 valence electrons. The highest BCUT2D eigenvalue weighted by molar-refractivity contribution is 5.98. The van der Waals surface area contributed by atoms with Crippen molar-refractivity contribution < 1.29 is 4.79 Å². The summed E-state index contributed by atoms with van der Waals surface area (Å²) in [6.45, 7) is 4.94. The second-order valence-electron chi connectivity index (χ2n) is 4.31. The Morgan fingerprint density at radius 2 is 2.19 bits per heavy atom. The summed E-state index contributed by atoms with van der Waals surface area (Å²) in [5.41, 5.74) is 2.08. The first-order valence-electron chi connectivity index (χ1n) is 5.88. The fourth-order valence-electron chi connectivity index (χ4n) is 2.12. The molecule has 1 aliphatic rings. The molecule has 0 saturated carbocycles. The predicted molar refractivity (Wildman–Crippen MR) is 66.8 cm³/mol. The van der Waals surface area contributed by atoms with E-state index in [2.05, 4.69) is 12.2 Å². The van der Waals surface area contributed by atoms with Crippen LogP contribution in [0, 0.1) is 0 Å². The lowest BCUT2D eigenvalue weighted by atomic mass is 10.2. The molecule has 1 aromatic rings. The lowest BCUT2D eigenvalue weighted by molar-refractivity contribution is -0.118. The van der Waals surface area contributed by atoms with Crippen LogP contribution >= 0.6 is 0 Å². The van der Waals surface area contributed by atoms with Gasteiger partial charge in [-0.15, -0.1) is 0 Å². The molecule has 1 aromatic carbocycles. The van der Waals surface area contributed by atoms with Crippen LogP contribution in [0.4, 0.5) is 11.4 Å². The molecule has 2 rings (SSSR count). The van der Waals surface area contributed by atoms with E-state index in [4.69, 9.17) is 0 Å². The minimum atomic E-state index is 0.204. The van der Waals surface area contributed by atoms with Crippen LogP contribution in [0.25, 0.3) is 0 Å². The normalized spacial score (nSPS) is 20.0. The summed E-state index contributed by atoms with van der Waals surface area (Å²) in [4.78, 5) is 14.0. The molecular formula is C13H18N2O. The Labute approximate surface area is 96.5 Å². The van der Waals surface area contributed by atoms with Crippen LogP contribution in [0.15, 0.2) is 24.3 Å². The van der Waals surface area contributed by atoms with Gasteiger partial charge in [0.25, 0.3) is 0 Å². The molecule has 0 aromatic heterocycles. The zero-order valence-corrected chi connectivity index (χ0v) is 9.86. The molecule has 3 heteroatoms. The van der Waals surface area contributed by atoms with Crippen LogP contribution in [-0.2, 0) is 4.79 Å². The Hall–Kier alpha value is -1.51. The summed E-state index contributed by atoms with van der Waals surface area (Å²) in [6.07, 6.45) is 1.54. The highest BCUT2D eigenvalue weighted by Crippen LogP contribution is 2.30. The van der Waals surface area contributed by atoms with Crippen LogP contribution in [0.2, 0.25) is 0 Å². The average Bonchev–Trinajstić information content (AvgIpc) is 2.37.